The van der Waals surface area contributed by atoms with E-state index in [0.29, 0.717) is 37.9 Å². The third-order valence-electron chi connectivity index (χ3n) is 3.06. The fraction of sp³-hybridized carbons (Fsp3) is 0.353. The quantitative estimate of drug-likeness (QED) is 0.699. The number of carbonyl (C=O) groups is 1. The van der Waals surface area contributed by atoms with Gasteiger partial charge in [-0.1, -0.05) is 0 Å². The second kappa shape index (κ2) is 9.65. The summed E-state index contributed by atoms with van der Waals surface area (Å²) in [6, 6.07) is 5.84. The summed E-state index contributed by atoms with van der Waals surface area (Å²) in [4.78, 5) is 20.2. The van der Waals surface area contributed by atoms with Gasteiger partial charge in [-0.15, -0.1) is 0 Å². The van der Waals surface area contributed by atoms with Crippen LogP contribution in [0.5, 0.6) is 5.75 Å². The number of methoxy groups -OCH3 is 1. The first-order chi connectivity index (χ1) is 12.1. The number of carbonyl (C=O) groups excluding carboxylic acids is 1. The van der Waals surface area contributed by atoms with Crippen LogP contribution in [0.3, 0.4) is 0 Å². The Hall–Kier alpha value is -2.58. The van der Waals surface area contributed by atoms with E-state index in [1.165, 1.54) is 18.2 Å². The van der Waals surface area contributed by atoms with Crippen molar-refractivity contribution in [3.8, 4) is 5.75 Å². The highest BCUT2D eigenvalue weighted by Gasteiger charge is 2.11. The Morgan fingerprint density at radius 2 is 2.00 bits per heavy atom. The van der Waals surface area contributed by atoms with E-state index >= 15 is 0 Å². The minimum absolute atomic E-state index is 0.182. The smallest absolute Gasteiger partial charge is 0.275 e. The van der Waals surface area contributed by atoms with Gasteiger partial charge in [-0.3, -0.25) is 4.79 Å². The minimum Gasteiger partial charge on any atom is -0.491 e. The van der Waals surface area contributed by atoms with Gasteiger partial charge in [-0.25, -0.2) is 14.4 Å². The molecule has 2 aromatic rings. The molecule has 0 atom stereocenters. The van der Waals surface area contributed by atoms with Crippen molar-refractivity contribution >= 4 is 11.7 Å². The van der Waals surface area contributed by atoms with Crippen LogP contribution in [-0.4, -0.2) is 49.4 Å². The average Bonchev–Trinajstić information content (AvgIpc) is 2.59. The Balaban J connectivity index is 1.93. The van der Waals surface area contributed by atoms with E-state index in [1.807, 2.05) is 0 Å². The van der Waals surface area contributed by atoms with Crippen molar-refractivity contribution < 1.29 is 23.4 Å². The van der Waals surface area contributed by atoms with Crippen molar-refractivity contribution in [3.63, 3.8) is 0 Å². The highest BCUT2D eigenvalue weighted by molar-refractivity contribution is 6.02. The van der Waals surface area contributed by atoms with Crippen molar-refractivity contribution in [2.45, 2.75) is 6.92 Å². The summed E-state index contributed by atoms with van der Waals surface area (Å²) in [5.41, 5.74) is 0.816. The summed E-state index contributed by atoms with van der Waals surface area (Å²) in [6.07, 6.45) is 1.03. The van der Waals surface area contributed by atoms with Gasteiger partial charge in [0.1, 0.15) is 29.7 Å². The van der Waals surface area contributed by atoms with Crippen LogP contribution in [-0.2, 0) is 9.47 Å². The third kappa shape index (κ3) is 6.44. The maximum atomic E-state index is 12.8. The molecule has 1 amide bonds. The molecule has 0 saturated carbocycles. The molecule has 0 spiro atoms. The molecule has 0 unspecified atom stereocenters. The van der Waals surface area contributed by atoms with E-state index in [4.69, 9.17) is 14.2 Å². The highest BCUT2D eigenvalue weighted by Crippen LogP contribution is 2.15. The molecule has 25 heavy (non-hydrogen) atoms. The van der Waals surface area contributed by atoms with Gasteiger partial charge in [-0.2, -0.15) is 0 Å². The van der Waals surface area contributed by atoms with Crippen molar-refractivity contribution in [3.05, 3.63) is 47.7 Å². The summed E-state index contributed by atoms with van der Waals surface area (Å²) in [5, 5.41) is 2.56. The number of ether oxygens (including phenoxy) is 3. The predicted molar refractivity (Wildman–Crippen MR) is 89.3 cm³/mol. The van der Waals surface area contributed by atoms with Gasteiger partial charge in [-0.05, 0) is 19.1 Å². The van der Waals surface area contributed by atoms with E-state index < -0.39 is 11.7 Å². The van der Waals surface area contributed by atoms with Gasteiger partial charge in [0.15, 0.2) is 0 Å². The van der Waals surface area contributed by atoms with Crippen LogP contribution < -0.4 is 10.1 Å². The van der Waals surface area contributed by atoms with Gasteiger partial charge in [0.25, 0.3) is 5.91 Å². The van der Waals surface area contributed by atoms with E-state index in [1.54, 1.807) is 20.1 Å². The summed E-state index contributed by atoms with van der Waals surface area (Å²) in [6.45, 7) is 3.53. The SMILES string of the molecule is COCCOCCOc1cc(C)nc(C(=O)Nc2ccc(F)cn2)c1. The Labute approximate surface area is 145 Å². The second-order valence-corrected chi connectivity index (χ2v) is 5.10. The lowest BCUT2D eigenvalue weighted by molar-refractivity contribution is 0.0544. The fourth-order valence-corrected chi connectivity index (χ4v) is 1.93. The van der Waals surface area contributed by atoms with Crippen LogP contribution >= 0.6 is 0 Å². The molecule has 0 bridgehead atoms. The molecule has 0 radical (unpaired) electrons. The molecular formula is C17H20FN3O4. The van der Waals surface area contributed by atoms with Gasteiger partial charge >= 0.3 is 0 Å². The van der Waals surface area contributed by atoms with Gasteiger partial charge in [0, 0.05) is 24.9 Å². The standard InChI is InChI=1S/C17H20FN3O4/c1-12-9-14(25-8-7-24-6-5-23-2)10-15(20-12)17(22)21-16-4-3-13(18)11-19-16/h3-4,9-11H,5-8H2,1-2H3,(H,19,21,22). The topological polar surface area (TPSA) is 82.6 Å². The van der Waals surface area contributed by atoms with Crippen LogP contribution in [0, 0.1) is 12.7 Å². The van der Waals surface area contributed by atoms with Crippen LogP contribution in [0.4, 0.5) is 10.2 Å². The maximum Gasteiger partial charge on any atom is 0.275 e. The zero-order valence-electron chi connectivity index (χ0n) is 14.1. The molecule has 0 aliphatic rings. The Kier molecular flexibility index (Phi) is 7.24. The molecule has 2 rings (SSSR count). The molecule has 1 N–H and O–H groups in total. The van der Waals surface area contributed by atoms with Gasteiger partial charge in [0.2, 0.25) is 0 Å². The highest BCUT2D eigenvalue weighted by atomic mass is 19.1. The maximum absolute atomic E-state index is 12.8. The van der Waals surface area contributed by atoms with Crippen LogP contribution in [0.15, 0.2) is 30.5 Å². The van der Waals surface area contributed by atoms with Crippen molar-refractivity contribution in [1.29, 1.82) is 0 Å². The van der Waals surface area contributed by atoms with Crippen LogP contribution in [0.1, 0.15) is 16.2 Å². The van der Waals surface area contributed by atoms with E-state index in [0.717, 1.165) is 6.20 Å². The first kappa shape index (κ1) is 18.8. The monoisotopic (exact) mass is 349 g/mol. The van der Waals surface area contributed by atoms with Crippen LogP contribution in [0.25, 0.3) is 0 Å². The van der Waals surface area contributed by atoms with E-state index in [2.05, 4.69) is 15.3 Å². The van der Waals surface area contributed by atoms with Crippen molar-refractivity contribution in [2.24, 2.45) is 0 Å². The predicted octanol–water partition coefficient (Wildman–Crippen LogP) is 2.22. The first-order valence-corrected chi connectivity index (χ1v) is 7.69. The number of amides is 1. The average molecular weight is 349 g/mol. The lowest BCUT2D eigenvalue weighted by atomic mass is 10.2. The van der Waals surface area contributed by atoms with Gasteiger partial charge in [0.05, 0.1) is 26.0 Å². The Morgan fingerprint density at radius 3 is 2.72 bits per heavy atom. The van der Waals surface area contributed by atoms with Gasteiger partial charge < -0.3 is 19.5 Å². The number of aryl methyl sites for hydroxylation is 1. The molecule has 2 heterocycles. The summed E-state index contributed by atoms with van der Waals surface area (Å²) >= 11 is 0. The molecule has 7 nitrogen and oxygen atoms in total. The molecule has 0 saturated heterocycles. The summed E-state index contributed by atoms with van der Waals surface area (Å²) in [7, 11) is 1.60. The molecule has 134 valence electrons. The zero-order valence-corrected chi connectivity index (χ0v) is 14.1. The lowest BCUT2D eigenvalue weighted by Crippen LogP contribution is -2.16. The number of pyridine rings is 2. The lowest BCUT2D eigenvalue weighted by Gasteiger charge is -2.10. The number of rotatable bonds is 9. The normalized spacial score (nSPS) is 10.5. The van der Waals surface area contributed by atoms with Crippen molar-refractivity contribution in [2.75, 3.05) is 38.9 Å². The number of nitrogens with one attached hydrogen (secondary N) is 1. The minimum atomic E-state index is -0.477. The van der Waals surface area contributed by atoms with Crippen LogP contribution in [0.2, 0.25) is 0 Å². The number of hydrogen-bond donors (Lipinski definition) is 1. The number of aromatic nitrogens is 2. The first-order valence-electron chi connectivity index (χ1n) is 7.69. The third-order valence-corrected chi connectivity index (χ3v) is 3.06. The number of halogens is 1. The number of hydrogen-bond acceptors (Lipinski definition) is 6. The summed E-state index contributed by atoms with van der Waals surface area (Å²) < 4.78 is 28.6. The van der Waals surface area contributed by atoms with E-state index in [-0.39, 0.29) is 11.5 Å². The number of anilines is 1. The number of nitrogens with zero attached hydrogens (tertiary/aromatic N) is 2. The van der Waals surface area contributed by atoms with Crippen molar-refractivity contribution in [1.82, 2.24) is 9.97 Å². The molecule has 0 aromatic carbocycles. The largest absolute Gasteiger partial charge is 0.491 e. The fourth-order valence-electron chi connectivity index (χ4n) is 1.93. The molecule has 0 fully saturated rings. The van der Waals surface area contributed by atoms with E-state index in [9.17, 15) is 9.18 Å². The Bertz CT molecular complexity index is 695. The second-order valence-electron chi connectivity index (χ2n) is 5.10. The zero-order chi connectivity index (χ0) is 18.1. The Morgan fingerprint density at radius 1 is 1.20 bits per heavy atom. The summed E-state index contributed by atoms with van der Waals surface area (Å²) in [5.74, 6) is -0.178. The molecular weight excluding hydrogens is 329 g/mol. The molecule has 2 aromatic heterocycles. The molecule has 0 aliphatic carbocycles. The molecule has 8 heteroatoms. The molecule has 0 aliphatic heterocycles.